The Kier molecular flexibility index (Phi) is 9.72. The van der Waals surface area contributed by atoms with E-state index >= 15 is 0 Å². The smallest absolute Gasteiger partial charge is 0.342 e. The van der Waals surface area contributed by atoms with Crippen LogP contribution in [0.2, 0.25) is 0 Å². The molecule has 0 saturated carbocycles. The standard InChI is InChI=1S/C27H36N2O7S2/c1-7-26(6,28)21-17(24(31)33-10-4)18(25(32)34-11-5)23(38-21)29-14-16-19-20(36-13-12-35-19)22(37-16)27(8-2,9-3)15-30/h14-15H,7-13,28H2,1-6H3. The summed E-state index contributed by atoms with van der Waals surface area (Å²) >= 11 is 2.54. The fraction of sp³-hybridized carbons (Fsp3) is 0.556. The summed E-state index contributed by atoms with van der Waals surface area (Å²) in [5, 5.41) is 0.277. The Balaban J connectivity index is 2.23. The van der Waals surface area contributed by atoms with Gasteiger partial charge < -0.3 is 29.5 Å². The maximum absolute atomic E-state index is 13.1. The topological polar surface area (TPSA) is 127 Å². The van der Waals surface area contributed by atoms with Crippen molar-refractivity contribution in [2.45, 2.75) is 71.8 Å². The summed E-state index contributed by atoms with van der Waals surface area (Å²) < 4.78 is 22.5. The molecule has 0 aliphatic carbocycles. The summed E-state index contributed by atoms with van der Waals surface area (Å²) in [6.45, 7) is 12.0. The summed E-state index contributed by atoms with van der Waals surface area (Å²) in [6, 6.07) is 0. The third-order valence-electron chi connectivity index (χ3n) is 6.77. The highest BCUT2D eigenvalue weighted by Crippen LogP contribution is 2.50. The van der Waals surface area contributed by atoms with Crippen molar-refractivity contribution in [2.24, 2.45) is 10.7 Å². The fourth-order valence-corrected chi connectivity index (χ4v) is 6.76. The second kappa shape index (κ2) is 12.4. The van der Waals surface area contributed by atoms with Crippen LogP contribution >= 0.6 is 22.7 Å². The zero-order valence-corrected chi connectivity index (χ0v) is 24.4. The number of ether oxygens (including phenoxy) is 4. The molecule has 208 valence electrons. The van der Waals surface area contributed by atoms with Gasteiger partial charge in [-0.15, -0.1) is 22.7 Å². The van der Waals surface area contributed by atoms with E-state index in [9.17, 15) is 14.4 Å². The molecule has 0 saturated heterocycles. The largest absolute Gasteiger partial charge is 0.485 e. The van der Waals surface area contributed by atoms with E-state index < -0.39 is 22.9 Å². The van der Waals surface area contributed by atoms with Crippen LogP contribution in [0.15, 0.2) is 4.99 Å². The first-order valence-electron chi connectivity index (χ1n) is 12.9. The van der Waals surface area contributed by atoms with Crippen LogP contribution < -0.4 is 15.2 Å². The number of rotatable bonds is 12. The first kappa shape index (κ1) is 29.8. The first-order chi connectivity index (χ1) is 18.1. The average Bonchev–Trinajstić information content (AvgIpc) is 3.49. The molecular weight excluding hydrogens is 528 g/mol. The zero-order chi connectivity index (χ0) is 28.1. The number of fused-ring (bicyclic) bond motifs is 1. The van der Waals surface area contributed by atoms with E-state index in [-0.39, 0.29) is 29.3 Å². The quantitative estimate of drug-likeness (QED) is 0.203. The minimum absolute atomic E-state index is 0.0267. The Bertz CT molecular complexity index is 1210. The summed E-state index contributed by atoms with van der Waals surface area (Å²) in [7, 11) is 0. The molecule has 3 rings (SSSR count). The van der Waals surface area contributed by atoms with Gasteiger partial charge in [-0.3, -0.25) is 0 Å². The summed E-state index contributed by atoms with van der Waals surface area (Å²) in [5.74, 6) is -0.251. The number of hydrogen-bond acceptors (Lipinski definition) is 11. The highest BCUT2D eigenvalue weighted by Gasteiger charge is 2.39. The van der Waals surface area contributed by atoms with Crippen LogP contribution in [0.5, 0.6) is 11.5 Å². The Morgan fingerprint density at radius 1 is 0.921 bits per heavy atom. The van der Waals surface area contributed by atoms with Crippen molar-refractivity contribution in [3.8, 4) is 11.5 Å². The Hall–Kier alpha value is -2.76. The van der Waals surface area contributed by atoms with E-state index in [1.165, 1.54) is 11.3 Å². The van der Waals surface area contributed by atoms with Gasteiger partial charge >= 0.3 is 11.9 Å². The van der Waals surface area contributed by atoms with Gasteiger partial charge in [0, 0.05) is 16.6 Å². The van der Waals surface area contributed by atoms with Crippen molar-refractivity contribution < 1.29 is 33.3 Å². The number of hydrogen-bond donors (Lipinski definition) is 1. The molecule has 11 heteroatoms. The monoisotopic (exact) mass is 564 g/mol. The van der Waals surface area contributed by atoms with E-state index in [1.807, 2.05) is 20.8 Å². The van der Waals surface area contributed by atoms with E-state index in [1.54, 1.807) is 27.0 Å². The fourth-order valence-electron chi connectivity index (χ4n) is 4.16. The molecule has 9 nitrogen and oxygen atoms in total. The van der Waals surface area contributed by atoms with Crippen LogP contribution in [0.1, 0.15) is 96.2 Å². The van der Waals surface area contributed by atoms with Crippen molar-refractivity contribution in [1.82, 2.24) is 0 Å². The van der Waals surface area contributed by atoms with E-state index in [0.717, 1.165) is 22.5 Å². The minimum Gasteiger partial charge on any atom is -0.485 e. The van der Waals surface area contributed by atoms with E-state index in [4.69, 9.17) is 24.7 Å². The lowest BCUT2D eigenvalue weighted by Crippen LogP contribution is -2.33. The lowest BCUT2D eigenvalue weighted by atomic mass is 9.82. The van der Waals surface area contributed by atoms with Crippen LogP contribution in [-0.4, -0.2) is 50.9 Å². The van der Waals surface area contributed by atoms with Crippen LogP contribution in [0.3, 0.4) is 0 Å². The third kappa shape index (κ3) is 5.50. The number of esters is 2. The molecule has 1 unspecified atom stereocenters. The maximum Gasteiger partial charge on any atom is 0.342 e. The second-order valence-corrected chi connectivity index (χ2v) is 11.1. The summed E-state index contributed by atoms with van der Waals surface area (Å²) in [6.07, 6.45) is 4.28. The van der Waals surface area contributed by atoms with Gasteiger partial charge in [0.1, 0.15) is 30.1 Å². The van der Waals surface area contributed by atoms with Crippen molar-refractivity contribution in [3.63, 3.8) is 0 Å². The van der Waals surface area contributed by atoms with Gasteiger partial charge in [-0.25, -0.2) is 14.6 Å². The number of carbonyl (C=O) groups excluding carboxylic acids is 3. The van der Waals surface area contributed by atoms with Gasteiger partial charge in [0.2, 0.25) is 0 Å². The molecule has 0 aromatic carbocycles. The van der Waals surface area contributed by atoms with Crippen LogP contribution in [0.25, 0.3) is 0 Å². The molecule has 0 spiro atoms. The normalized spacial score (nSPS) is 14.8. The van der Waals surface area contributed by atoms with Gasteiger partial charge in [-0.1, -0.05) is 20.8 Å². The molecule has 0 bridgehead atoms. The Morgan fingerprint density at radius 3 is 2.03 bits per heavy atom. The van der Waals surface area contributed by atoms with Gasteiger partial charge in [-0.2, -0.15) is 0 Å². The number of aldehydes is 1. The number of carbonyl (C=O) groups is 3. The zero-order valence-electron chi connectivity index (χ0n) is 22.8. The van der Waals surface area contributed by atoms with Crippen LogP contribution in [0.4, 0.5) is 5.00 Å². The molecular formula is C27H36N2O7S2. The molecule has 0 fully saturated rings. The number of thiophene rings is 2. The lowest BCUT2D eigenvalue weighted by Gasteiger charge is -2.26. The predicted octanol–water partition coefficient (Wildman–Crippen LogP) is 5.53. The summed E-state index contributed by atoms with van der Waals surface area (Å²) in [5.41, 5.74) is 5.06. The molecule has 0 amide bonds. The molecule has 2 aromatic heterocycles. The highest BCUT2D eigenvalue weighted by molar-refractivity contribution is 7.17. The number of aliphatic imine (C=N–C) groups is 1. The maximum atomic E-state index is 13.1. The SMILES string of the molecule is CCOC(=O)c1c(N=Cc2sc(C(C=O)(CC)CC)c3c2OCCO3)sc(C(C)(N)CC)c1C(=O)OCC. The second-order valence-electron chi connectivity index (χ2n) is 9.09. The molecule has 0 radical (unpaired) electrons. The van der Waals surface area contributed by atoms with Gasteiger partial charge in [0.05, 0.1) is 33.9 Å². The van der Waals surface area contributed by atoms with Gasteiger partial charge in [-0.05, 0) is 40.0 Å². The first-order valence-corrected chi connectivity index (χ1v) is 14.5. The lowest BCUT2D eigenvalue weighted by molar-refractivity contribution is -0.112. The Labute approximate surface area is 231 Å². The molecule has 1 aliphatic heterocycles. The predicted molar refractivity (Wildman–Crippen MR) is 149 cm³/mol. The van der Waals surface area contributed by atoms with Gasteiger partial charge in [0.25, 0.3) is 0 Å². The van der Waals surface area contributed by atoms with Crippen LogP contribution in [-0.2, 0) is 25.2 Å². The van der Waals surface area contributed by atoms with Gasteiger partial charge in [0.15, 0.2) is 11.5 Å². The number of nitrogens with zero attached hydrogens (tertiary/aromatic N) is 1. The Morgan fingerprint density at radius 2 is 1.50 bits per heavy atom. The molecule has 1 atom stereocenters. The van der Waals surface area contributed by atoms with Crippen molar-refractivity contribution in [1.29, 1.82) is 0 Å². The van der Waals surface area contributed by atoms with E-state index in [0.29, 0.717) is 53.7 Å². The van der Waals surface area contributed by atoms with E-state index in [2.05, 4.69) is 4.99 Å². The van der Waals surface area contributed by atoms with Crippen molar-refractivity contribution in [3.05, 3.63) is 25.8 Å². The van der Waals surface area contributed by atoms with Crippen molar-refractivity contribution >= 4 is 52.1 Å². The summed E-state index contributed by atoms with van der Waals surface area (Å²) in [4.78, 5) is 44.9. The third-order valence-corrected chi connectivity index (χ3v) is 9.45. The molecule has 3 heterocycles. The minimum atomic E-state index is -0.903. The highest BCUT2D eigenvalue weighted by atomic mass is 32.1. The number of nitrogens with two attached hydrogens (primary N) is 1. The molecule has 2 N–H and O–H groups in total. The van der Waals surface area contributed by atoms with Crippen molar-refractivity contribution in [2.75, 3.05) is 26.4 Å². The van der Waals surface area contributed by atoms with Crippen LogP contribution in [0, 0.1) is 0 Å². The molecule has 1 aliphatic rings. The average molecular weight is 565 g/mol. The molecule has 38 heavy (non-hydrogen) atoms. The molecule has 2 aromatic rings.